The van der Waals surface area contributed by atoms with E-state index in [1.807, 2.05) is 39.0 Å². The fourth-order valence-corrected chi connectivity index (χ4v) is 5.10. The predicted molar refractivity (Wildman–Crippen MR) is 135 cm³/mol. The summed E-state index contributed by atoms with van der Waals surface area (Å²) in [6, 6.07) is 9.24. The minimum Gasteiger partial charge on any atom is -0.487 e. The Morgan fingerprint density at radius 1 is 1.24 bits per heavy atom. The van der Waals surface area contributed by atoms with Crippen LogP contribution in [-0.4, -0.2) is 44.8 Å². The van der Waals surface area contributed by atoms with Gasteiger partial charge < -0.3 is 14.4 Å². The summed E-state index contributed by atoms with van der Waals surface area (Å²) in [5, 5.41) is 5.01. The second-order valence-electron chi connectivity index (χ2n) is 9.12. The number of aryl methyl sites for hydroxylation is 1. The topological polar surface area (TPSA) is 69.5 Å². The number of carbonyl (C=O) groups excluding carboxylic acids is 1. The van der Waals surface area contributed by atoms with E-state index >= 15 is 0 Å². The van der Waals surface area contributed by atoms with Crippen LogP contribution in [0.4, 0.5) is 8.78 Å². The van der Waals surface area contributed by atoms with Gasteiger partial charge in [-0.1, -0.05) is 23.7 Å². The van der Waals surface area contributed by atoms with Gasteiger partial charge in [0.05, 0.1) is 41.8 Å². The molecule has 4 aromatic rings. The third kappa shape index (κ3) is 4.89. The molecule has 0 spiro atoms. The summed E-state index contributed by atoms with van der Waals surface area (Å²) >= 11 is 6.50. The molecule has 1 saturated heterocycles. The molecule has 0 saturated carbocycles. The molecule has 0 N–H and O–H groups in total. The second kappa shape index (κ2) is 10.1. The lowest BCUT2D eigenvalue weighted by molar-refractivity contribution is -0.150. The summed E-state index contributed by atoms with van der Waals surface area (Å²) in [6.45, 7) is 5.95. The van der Waals surface area contributed by atoms with E-state index in [9.17, 15) is 13.6 Å². The fraction of sp³-hybridized carbons (Fsp3) is 0.296. The number of morpholine rings is 1. The lowest BCUT2D eigenvalue weighted by Crippen LogP contribution is -2.49. The number of hydrogen-bond acceptors (Lipinski definition) is 5. The van der Waals surface area contributed by atoms with Crippen molar-refractivity contribution >= 4 is 28.4 Å². The first-order chi connectivity index (χ1) is 17.7. The number of para-hydroxylation sites is 1. The van der Waals surface area contributed by atoms with Crippen molar-refractivity contribution in [2.24, 2.45) is 0 Å². The number of nitrogens with zero attached hydrogens (tertiary/aromatic N) is 4. The Morgan fingerprint density at radius 2 is 2.05 bits per heavy atom. The van der Waals surface area contributed by atoms with Crippen LogP contribution in [0, 0.1) is 18.6 Å². The normalized spacial score (nSPS) is 16.9. The maximum Gasteiger partial charge on any atom is 0.249 e. The smallest absolute Gasteiger partial charge is 0.249 e. The number of rotatable bonds is 6. The standard InChI is InChI=1S/C27H25ClF2N4O3/c1-15-7-24(33-11-19(30)10-31-33)20-5-4-6-25(27(20)32-15)37-13-22-21(8-18(29)9-23(22)28)17(3)34-16(2)12-36-14-26(34)35/h4-11,16-17H,12-14H2,1-3H3/t16?,17-/m0/s1. The molecular formula is C27H25ClF2N4O3. The first kappa shape index (κ1) is 25.1. The lowest BCUT2D eigenvalue weighted by Gasteiger charge is -2.38. The van der Waals surface area contributed by atoms with E-state index in [4.69, 9.17) is 21.1 Å². The van der Waals surface area contributed by atoms with Crippen molar-refractivity contribution < 1.29 is 23.0 Å². The predicted octanol–water partition coefficient (Wildman–Crippen LogP) is 5.55. The molecule has 5 rings (SSSR count). The van der Waals surface area contributed by atoms with E-state index in [1.165, 1.54) is 23.0 Å². The highest BCUT2D eigenvalue weighted by atomic mass is 35.5. The molecule has 3 heterocycles. The van der Waals surface area contributed by atoms with Gasteiger partial charge in [0.1, 0.15) is 30.3 Å². The summed E-state index contributed by atoms with van der Waals surface area (Å²) in [4.78, 5) is 19.0. The number of aromatic nitrogens is 3. The molecule has 1 fully saturated rings. The maximum atomic E-state index is 14.5. The van der Waals surface area contributed by atoms with E-state index in [1.54, 1.807) is 11.0 Å². The first-order valence-electron chi connectivity index (χ1n) is 11.8. The molecule has 2 atom stereocenters. The van der Waals surface area contributed by atoms with Crippen LogP contribution in [0.2, 0.25) is 5.02 Å². The monoisotopic (exact) mass is 526 g/mol. The molecule has 1 aliphatic heterocycles. The molecule has 2 aromatic carbocycles. The Balaban J connectivity index is 1.51. The van der Waals surface area contributed by atoms with Crippen LogP contribution in [-0.2, 0) is 16.1 Å². The molecule has 10 heteroatoms. The number of ether oxygens (including phenoxy) is 2. The number of carbonyl (C=O) groups is 1. The van der Waals surface area contributed by atoms with Gasteiger partial charge in [-0.2, -0.15) is 5.10 Å². The second-order valence-corrected chi connectivity index (χ2v) is 9.53. The molecule has 37 heavy (non-hydrogen) atoms. The third-order valence-electron chi connectivity index (χ3n) is 6.49. The maximum absolute atomic E-state index is 14.5. The average Bonchev–Trinajstić information content (AvgIpc) is 3.28. The van der Waals surface area contributed by atoms with Crippen LogP contribution in [0.25, 0.3) is 16.6 Å². The summed E-state index contributed by atoms with van der Waals surface area (Å²) in [5.74, 6) is -0.641. The van der Waals surface area contributed by atoms with Crippen molar-refractivity contribution in [2.75, 3.05) is 13.2 Å². The Labute approximate surface area is 217 Å². The van der Waals surface area contributed by atoms with Gasteiger partial charge in [-0.25, -0.2) is 18.4 Å². The average molecular weight is 527 g/mol. The minimum atomic E-state index is -0.498. The van der Waals surface area contributed by atoms with Gasteiger partial charge in [-0.05, 0) is 50.6 Å². The number of hydrogen-bond donors (Lipinski definition) is 0. The van der Waals surface area contributed by atoms with Crippen LogP contribution >= 0.6 is 11.6 Å². The van der Waals surface area contributed by atoms with E-state index in [0.717, 1.165) is 11.6 Å². The quantitative estimate of drug-likeness (QED) is 0.329. The summed E-state index contributed by atoms with van der Waals surface area (Å²) in [6.07, 6.45) is 2.43. The number of benzene rings is 2. The molecule has 1 unspecified atom stereocenters. The van der Waals surface area contributed by atoms with Crippen molar-refractivity contribution in [1.29, 1.82) is 0 Å². The highest BCUT2D eigenvalue weighted by Gasteiger charge is 2.32. The SMILES string of the molecule is Cc1cc(-n2cc(F)cn2)c2cccc(OCc3c(Cl)cc(F)cc3[C@H](C)N3C(=O)COCC3C)c2n1. The Kier molecular flexibility index (Phi) is 6.83. The number of pyridine rings is 1. The van der Waals surface area contributed by atoms with Crippen molar-refractivity contribution in [3.05, 3.63) is 82.3 Å². The van der Waals surface area contributed by atoms with E-state index in [0.29, 0.717) is 40.4 Å². The Morgan fingerprint density at radius 3 is 2.78 bits per heavy atom. The number of fused-ring (bicyclic) bond motifs is 1. The molecule has 192 valence electrons. The van der Waals surface area contributed by atoms with E-state index in [2.05, 4.69) is 10.1 Å². The van der Waals surface area contributed by atoms with Gasteiger partial charge >= 0.3 is 0 Å². The summed E-state index contributed by atoms with van der Waals surface area (Å²) in [7, 11) is 0. The van der Waals surface area contributed by atoms with Crippen LogP contribution in [0.3, 0.4) is 0 Å². The third-order valence-corrected chi connectivity index (χ3v) is 6.83. The highest BCUT2D eigenvalue weighted by Crippen LogP contribution is 2.35. The molecule has 1 aliphatic rings. The molecule has 2 aromatic heterocycles. The zero-order valence-corrected chi connectivity index (χ0v) is 21.3. The van der Waals surface area contributed by atoms with E-state index in [-0.39, 0.29) is 30.2 Å². The van der Waals surface area contributed by atoms with Gasteiger partial charge in [-0.15, -0.1) is 0 Å². The van der Waals surface area contributed by atoms with Gasteiger partial charge in [0.25, 0.3) is 0 Å². The Hall–Kier alpha value is -3.56. The molecule has 0 bridgehead atoms. The fourth-order valence-electron chi connectivity index (χ4n) is 4.83. The number of amides is 1. The van der Waals surface area contributed by atoms with E-state index < -0.39 is 17.7 Å². The zero-order valence-electron chi connectivity index (χ0n) is 20.5. The molecule has 7 nitrogen and oxygen atoms in total. The van der Waals surface area contributed by atoms with Crippen molar-refractivity contribution in [1.82, 2.24) is 19.7 Å². The van der Waals surface area contributed by atoms with Gasteiger partial charge in [-0.3, -0.25) is 4.79 Å². The molecule has 0 aliphatic carbocycles. The van der Waals surface area contributed by atoms with Gasteiger partial charge in [0, 0.05) is 16.6 Å². The largest absolute Gasteiger partial charge is 0.487 e. The lowest BCUT2D eigenvalue weighted by atomic mass is 9.98. The highest BCUT2D eigenvalue weighted by molar-refractivity contribution is 6.31. The van der Waals surface area contributed by atoms with Gasteiger partial charge in [0.2, 0.25) is 5.91 Å². The first-order valence-corrected chi connectivity index (χ1v) is 12.2. The zero-order chi connectivity index (χ0) is 26.3. The summed E-state index contributed by atoms with van der Waals surface area (Å²) in [5.41, 5.74) is 3.05. The van der Waals surface area contributed by atoms with Crippen LogP contribution in [0.15, 0.2) is 48.8 Å². The van der Waals surface area contributed by atoms with Crippen molar-refractivity contribution in [3.8, 4) is 11.4 Å². The number of halogens is 3. The molecule has 1 amide bonds. The van der Waals surface area contributed by atoms with Crippen molar-refractivity contribution in [2.45, 2.75) is 39.5 Å². The van der Waals surface area contributed by atoms with Crippen LogP contribution in [0.1, 0.15) is 36.7 Å². The van der Waals surface area contributed by atoms with Crippen LogP contribution in [0.5, 0.6) is 5.75 Å². The van der Waals surface area contributed by atoms with Crippen molar-refractivity contribution in [3.63, 3.8) is 0 Å². The molecule has 0 radical (unpaired) electrons. The molecular weight excluding hydrogens is 502 g/mol. The summed E-state index contributed by atoms with van der Waals surface area (Å²) < 4.78 is 41.1. The Bertz CT molecular complexity index is 1490. The van der Waals surface area contributed by atoms with Gasteiger partial charge in [0.15, 0.2) is 5.82 Å². The van der Waals surface area contributed by atoms with Crippen LogP contribution < -0.4 is 4.74 Å². The minimum absolute atomic E-state index is 0.0200.